The van der Waals surface area contributed by atoms with Gasteiger partial charge in [0.05, 0.1) is 19.5 Å². The molecule has 12 heterocycles. The highest BCUT2D eigenvalue weighted by molar-refractivity contribution is 7.27. The van der Waals surface area contributed by atoms with Crippen molar-refractivity contribution in [1.29, 1.82) is 0 Å². The molecule has 0 atom stereocenters. The van der Waals surface area contributed by atoms with E-state index >= 15 is 0 Å². The van der Waals surface area contributed by atoms with Crippen LogP contribution in [0, 0.1) is 13.8 Å². The minimum absolute atomic E-state index is 0.556. The van der Waals surface area contributed by atoms with Gasteiger partial charge in [-0.1, -0.05) is 72.8 Å². The van der Waals surface area contributed by atoms with Gasteiger partial charge in [-0.05, 0) is 190 Å². The van der Waals surface area contributed by atoms with E-state index < -0.39 is 0 Å². The Morgan fingerprint density at radius 3 is 1.07 bits per heavy atom. The van der Waals surface area contributed by atoms with E-state index in [2.05, 4.69) is 208 Å². The van der Waals surface area contributed by atoms with Gasteiger partial charge >= 0.3 is 0 Å². The second kappa shape index (κ2) is 21.3. The van der Waals surface area contributed by atoms with Crippen molar-refractivity contribution in [3.63, 3.8) is 0 Å². The number of aromatic nitrogens is 4. The summed E-state index contributed by atoms with van der Waals surface area (Å²) >= 11 is 14.1. The summed E-state index contributed by atoms with van der Waals surface area (Å²) in [6.45, 7) is 4.48. The Kier molecular flexibility index (Phi) is 12.3. The Morgan fingerprint density at radius 1 is 0.250 bits per heavy atom. The summed E-state index contributed by atoms with van der Waals surface area (Å²) in [5.74, 6) is 2.37. The zero-order chi connectivity index (χ0) is 63.0. The standard InChI is InChI=1S/C80H42N4O4S8/c1-39-19-46(23-51-53-21-45(57-35-86-78(81-57)70-28-42-12-4-8-16-62(42)90-70)22-55(75(53)95-73(39)51)58-36-87-79(82-58)71-29-43-13-5-9-17-63(43)91-71)65-31-48-33-68-49(34-67(48)93-65)32-66(94-68)47-20-40(2)74-52(24-47)54-25-50(77-84-60(38-85-77)69-27-41-11-3-7-15-61(41)89-69)26-56(76(54)96-74)59-37-88-80(83-59)72-30-44-14-6-10-18-64(44)92-72/h3-38H,1-2H3. The number of oxazole rings is 4. The quantitative estimate of drug-likeness (QED) is 0.133. The van der Waals surface area contributed by atoms with Crippen molar-refractivity contribution in [2.75, 3.05) is 0 Å². The predicted molar refractivity (Wildman–Crippen MR) is 409 cm³/mol. The van der Waals surface area contributed by atoms with Gasteiger partial charge in [-0.15, -0.1) is 90.7 Å². The molecule has 9 aromatic carbocycles. The van der Waals surface area contributed by atoms with E-state index in [1.807, 2.05) is 34.0 Å². The van der Waals surface area contributed by atoms with Crippen LogP contribution in [0.4, 0.5) is 0 Å². The molecule has 0 N–H and O–H groups in total. The van der Waals surface area contributed by atoms with Crippen LogP contribution in [0.3, 0.4) is 0 Å². The van der Waals surface area contributed by atoms with E-state index in [4.69, 9.17) is 37.6 Å². The fourth-order valence-electron chi connectivity index (χ4n) is 13.5. The van der Waals surface area contributed by atoms with Crippen LogP contribution < -0.4 is 0 Å². The summed E-state index contributed by atoms with van der Waals surface area (Å²) in [7, 11) is 0. The summed E-state index contributed by atoms with van der Waals surface area (Å²) in [4.78, 5) is 27.2. The minimum Gasteiger partial charge on any atom is -0.444 e. The van der Waals surface area contributed by atoms with Crippen molar-refractivity contribution < 1.29 is 17.7 Å². The van der Waals surface area contributed by atoms with E-state index in [1.165, 1.54) is 113 Å². The molecule has 0 aliphatic heterocycles. The fourth-order valence-corrected chi connectivity index (χ4v) is 22.2. The lowest BCUT2D eigenvalue weighted by atomic mass is 9.99. The van der Waals surface area contributed by atoms with Crippen LogP contribution in [-0.4, -0.2) is 19.9 Å². The topological polar surface area (TPSA) is 104 Å². The van der Waals surface area contributed by atoms with Crippen molar-refractivity contribution in [3.05, 3.63) is 230 Å². The maximum absolute atomic E-state index is 6.40. The Balaban J connectivity index is 0.651. The molecule has 21 aromatic rings. The van der Waals surface area contributed by atoms with Gasteiger partial charge in [0.15, 0.2) is 0 Å². The smallest absolute Gasteiger partial charge is 0.236 e. The first-order chi connectivity index (χ1) is 47.2. The molecule has 0 aliphatic rings. The van der Waals surface area contributed by atoms with Gasteiger partial charge < -0.3 is 17.7 Å². The third-order valence-electron chi connectivity index (χ3n) is 18.1. The number of benzene rings is 9. The first-order valence-electron chi connectivity index (χ1n) is 31.0. The van der Waals surface area contributed by atoms with Gasteiger partial charge in [-0.25, -0.2) is 19.9 Å². The van der Waals surface area contributed by atoms with E-state index in [-0.39, 0.29) is 0 Å². The maximum Gasteiger partial charge on any atom is 0.236 e. The summed E-state index contributed by atoms with van der Waals surface area (Å²) in [6.07, 6.45) is 7.18. The minimum atomic E-state index is 0.556. The molecule has 0 unspecified atom stereocenters. The molecule has 16 heteroatoms. The molecular formula is C80H42N4O4S8. The van der Waals surface area contributed by atoms with Crippen LogP contribution in [-0.2, 0) is 0 Å². The van der Waals surface area contributed by atoms with Crippen LogP contribution in [0.5, 0.6) is 0 Å². The Morgan fingerprint density at radius 2 is 0.594 bits per heavy atom. The number of aryl methyl sites for hydroxylation is 2. The van der Waals surface area contributed by atoms with Gasteiger partial charge in [0.2, 0.25) is 23.6 Å². The number of hydrogen-bond acceptors (Lipinski definition) is 16. The number of hydrogen-bond donors (Lipinski definition) is 0. The maximum atomic E-state index is 6.40. The zero-order valence-electron chi connectivity index (χ0n) is 50.5. The first kappa shape index (κ1) is 55.3. The normalized spacial score (nSPS) is 12.3. The molecule has 0 saturated heterocycles. The number of rotatable bonds is 10. The lowest BCUT2D eigenvalue weighted by Crippen LogP contribution is -1.85. The van der Waals surface area contributed by atoms with E-state index in [9.17, 15) is 0 Å². The molecule has 21 rings (SSSR count). The number of fused-ring (bicyclic) bond motifs is 12. The first-order valence-corrected chi connectivity index (χ1v) is 37.5. The number of nitrogens with zero attached hydrogens (tertiary/aromatic N) is 4. The molecule has 0 saturated carbocycles. The Bertz CT molecular complexity index is 6210. The molecule has 0 radical (unpaired) electrons. The number of thiophene rings is 8. The molecule has 454 valence electrons. The highest BCUT2D eigenvalue weighted by atomic mass is 32.1. The monoisotopic (exact) mass is 1380 g/mol. The molecule has 0 aliphatic carbocycles. The molecule has 8 nitrogen and oxygen atoms in total. The van der Waals surface area contributed by atoms with Crippen molar-refractivity contribution in [2.24, 2.45) is 0 Å². The highest BCUT2D eigenvalue weighted by Crippen LogP contribution is 2.51. The summed E-state index contributed by atoms with van der Waals surface area (Å²) in [6, 6.07) is 70.3. The predicted octanol–water partition coefficient (Wildman–Crippen LogP) is 26.9. The summed E-state index contributed by atoms with van der Waals surface area (Å²) in [5.41, 5.74) is 11.8. The van der Waals surface area contributed by atoms with Crippen LogP contribution in [0.1, 0.15) is 11.1 Å². The Labute approximate surface area is 577 Å². The summed E-state index contributed by atoms with van der Waals surface area (Å²) in [5, 5.41) is 11.8. The second-order valence-electron chi connectivity index (χ2n) is 24.2. The lowest BCUT2D eigenvalue weighted by molar-refractivity contribution is 0.575. The van der Waals surface area contributed by atoms with Gasteiger partial charge in [0.1, 0.15) is 47.8 Å². The van der Waals surface area contributed by atoms with Crippen molar-refractivity contribution in [1.82, 2.24) is 19.9 Å². The van der Waals surface area contributed by atoms with Crippen LogP contribution in [0.15, 0.2) is 237 Å². The lowest BCUT2D eigenvalue weighted by Gasteiger charge is -2.05. The van der Waals surface area contributed by atoms with Crippen LogP contribution >= 0.6 is 90.7 Å². The molecular weight excluding hydrogens is 1340 g/mol. The van der Waals surface area contributed by atoms with Gasteiger partial charge in [0, 0.05) is 101 Å². The highest BCUT2D eigenvalue weighted by Gasteiger charge is 2.25. The average Bonchev–Trinajstić information content (AvgIpc) is 1.58. The third kappa shape index (κ3) is 8.97. The van der Waals surface area contributed by atoms with Gasteiger partial charge in [-0.2, -0.15) is 0 Å². The second-order valence-corrected chi connectivity index (χ2v) is 32.8. The molecule has 0 amide bonds. The Hall–Kier alpha value is -9.98. The van der Waals surface area contributed by atoms with Gasteiger partial charge in [-0.3, -0.25) is 0 Å². The molecule has 12 aromatic heterocycles. The summed E-state index contributed by atoms with van der Waals surface area (Å²) < 4.78 is 37.4. The molecule has 0 bridgehead atoms. The van der Waals surface area contributed by atoms with Crippen LogP contribution in [0.2, 0.25) is 0 Å². The van der Waals surface area contributed by atoms with E-state index in [0.717, 1.165) is 84.7 Å². The van der Waals surface area contributed by atoms with Gasteiger partial charge in [0.25, 0.3) is 0 Å². The SMILES string of the molecule is Cc1cc(-c2cc3cc4sc(-c5cc(C)c6sc7c(-c8coc(-c9cc%10ccccc%10s9)n8)cc(-c8nc(-c9cc%10ccccc%10s9)co8)cc7c6c5)cc4cc3s2)cc2c1sc1c(-c3coc(-c4cc5ccccc5s4)n3)cc(-c3coc(-c4cc5ccccc5s4)n3)cc12. The van der Waals surface area contributed by atoms with Crippen molar-refractivity contribution >= 4 is 192 Å². The van der Waals surface area contributed by atoms with Crippen LogP contribution in [0.25, 0.3) is 210 Å². The average molecular weight is 1380 g/mol. The fraction of sp³-hybridized carbons (Fsp3) is 0.0250. The zero-order valence-corrected chi connectivity index (χ0v) is 57.0. The molecule has 96 heavy (non-hydrogen) atoms. The third-order valence-corrected chi connectivity index (χ3v) is 27.7. The molecule has 0 fully saturated rings. The van der Waals surface area contributed by atoms with E-state index in [0.29, 0.717) is 23.6 Å². The van der Waals surface area contributed by atoms with E-state index in [1.54, 1.807) is 81.7 Å². The van der Waals surface area contributed by atoms with Crippen molar-refractivity contribution in [2.45, 2.75) is 13.8 Å². The largest absolute Gasteiger partial charge is 0.444 e. The molecule has 0 spiro atoms. The van der Waals surface area contributed by atoms with Crippen molar-refractivity contribution in [3.8, 4) is 109 Å².